The van der Waals surface area contributed by atoms with Crippen molar-refractivity contribution in [2.75, 3.05) is 43.0 Å². The first-order valence-electron chi connectivity index (χ1n) is 9.37. The molecule has 8 nitrogen and oxygen atoms in total. The SMILES string of the molecule is Cc1cc(NC(=O)N2CCO[C@@H](c3ccnc(N4CCCC4)n3)C2)ccn1. The van der Waals surface area contributed by atoms with Gasteiger partial charge in [-0.1, -0.05) is 0 Å². The van der Waals surface area contributed by atoms with Gasteiger partial charge in [-0.15, -0.1) is 0 Å². The first-order chi connectivity index (χ1) is 13.2. The van der Waals surface area contributed by atoms with Gasteiger partial charge in [0.1, 0.15) is 6.10 Å². The van der Waals surface area contributed by atoms with Gasteiger partial charge in [0.2, 0.25) is 5.95 Å². The standard InChI is InChI=1S/C19H24N6O2/c1-14-12-15(4-6-20-14)22-19(26)25-10-11-27-17(13-25)16-5-7-21-18(23-16)24-8-2-3-9-24/h4-7,12,17H,2-3,8-11,13H2,1H3,(H,20,22,26)/t17-/m1/s1. The number of amides is 2. The van der Waals surface area contributed by atoms with Crippen LogP contribution < -0.4 is 10.2 Å². The molecule has 27 heavy (non-hydrogen) atoms. The normalized spacial score (nSPS) is 20.0. The summed E-state index contributed by atoms with van der Waals surface area (Å²) in [5, 5.41) is 2.93. The van der Waals surface area contributed by atoms with Crippen LogP contribution in [0.2, 0.25) is 0 Å². The van der Waals surface area contributed by atoms with Crippen LogP contribution in [0.1, 0.15) is 30.3 Å². The minimum atomic E-state index is -0.243. The van der Waals surface area contributed by atoms with E-state index in [-0.39, 0.29) is 12.1 Å². The van der Waals surface area contributed by atoms with Crippen LogP contribution in [0.15, 0.2) is 30.6 Å². The van der Waals surface area contributed by atoms with Crippen LogP contribution in [0.5, 0.6) is 0 Å². The maximum atomic E-state index is 12.6. The van der Waals surface area contributed by atoms with E-state index < -0.39 is 0 Å². The largest absolute Gasteiger partial charge is 0.368 e. The van der Waals surface area contributed by atoms with E-state index in [9.17, 15) is 4.79 Å². The van der Waals surface area contributed by atoms with E-state index in [0.29, 0.717) is 19.7 Å². The molecule has 8 heteroatoms. The maximum absolute atomic E-state index is 12.6. The van der Waals surface area contributed by atoms with Crippen LogP contribution in [0, 0.1) is 6.92 Å². The van der Waals surface area contributed by atoms with Gasteiger partial charge < -0.3 is 19.9 Å². The predicted octanol–water partition coefficient (Wildman–Crippen LogP) is 2.39. The Morgan fingerprint density at radius 3 is 2.81 bits per heavy atom. The number of hydrogen-bond donors (Lipinski definition) is 1. The van der Waals surface area contributed by atoms with Gasteiger partial charge in [-0.05, 0) is 38.0 Å². The van der Waals surface area contributed by atoms with Gasteiger partial charge in [0, 0.05) is 43.4 Å². The molecule has 0 unspecified atom stereocenters. The first kappa shape index (κ1) is 17.7. The molecule has 0 aliphatic carbocycles. The fourth-order valence-corrected chi connectivity index (χ4v) is 3.45. The van der Waals surface area contributed by atoms with Crippen molar-refractivity contribution in [3.8, 4) is 0 Å². The highest BCUT2D eigenvalue weighted by Gasteiger charge is 2.27. The lowest BCUT2D eigenvalue weighted by atomic mass is 10.2. The second kappa shape index (κ2) is 7.87. The average Bonchev–Trinajstić information content (AvgIpc) is 3.23. The lowest BCUT2D eigenvalue weighted by Crippen LogP contribution is -2.44. The molecule has 0 spiro atoms. The molecule has 4 heterocycles. The monoisotopic (exact) mass is 368 g/mol. The number of ether oxygens (including phenoxy) is 1. The third-order valence-electron chi connectivity index (χ3n) is 4.88. The molecule has 1 atom stereocenters. The topological polar surface area (TPSA) is 83.5 Å². The number of hydrogen-bond acceptors (Lipinski definition) is 6. The van der Waals surface area contributed by atoms with E-state index in [2.05, 4.69) is 20.2 Å². The van der Waals surface area contributed by atoms with E-state index in [1.807, 2.05) is 19.1 Å². The fourth-order valence-electron chi connectivity index (χ4n) is 3.45. The van der Waals surface area contributed by atoms with Crippen LogP contribution in [-0.4, -0.2) is 58.7 Å². The van der Waals surface area contributed by atoms with Crippen LogP contribution in [0.4, 0.5) is 16.4 Å². The fraction of sp³-hybridized carbons (Fsp3) is 0.474. The molecular formula is C19H24N6O2. The summed E-state index contributed by atoms with van der Waals surface area (Å²) >= 11 is 0. The number of carbonyl (C=O) groups excluding carboxylic acids is 1. The third kappa shape index (κ3) is 4.16. The van der Waals surface area contributed by atoms with Crippen molar-refractivity contribution in [2.24, 2.45) is 0 Å². The first-order valence-corrected chi connectivity index (χ1v) is 9.37. The zero-order valence-electron chi connectivity index (χ0n) is 15.5. The van der Waals surface area contributed by atoms with Crippen molar-refractivity contribution >= 4 is 17.7 Å². The smallest absolute Gasteiger partial charge is 0.322 e. The van der Waals surface area contributed by atoms with E-state index >= 15 is 0 Å². The van der Waals surface area contributed by atoms with Crippen molar-refractivity contribution in [3.05, 3.63) is 42.0 Å². The lowest BCUT2D eigenvalue weighted by Gasteiger charge is -2.33. The minimum Gasteiger partial charge on any atom is -0.368 e. The summed E-state index contributed by atoms with van der Waals surface area (Å²) in [6.07, 6.45) is 5.57. The Balaban J connectivity index is 1.43. The Labute approximate surface area is 158 Å². The molecule has 2 saturated heterocycles. The van der Waals surface area contributed by atoms with Crippen molar-refractivity contribution in [2.45, 2.75) is 25.9 Å². The summed E-state index contributed by atoms with van der Waals surface area (Å²) in [5.41, 5.74) is 2.43. The predicted molar refractivity (Wildman–Crippen MR) is 102 cm³/mol. The van der Waals surface area contributed by atoms with E-state index in [1.165, 1.54) is 12.8 Å². The molecule has 0 aromatic carbocycles. The molecule has 142 valence electrons. The molecule has 0 bridgehead atoms. The highest BCUT2D eigenvalue weighted by molar-refractivity contribution is 5.89. The number of pyridine rings is 1. The summed E-state index contributed by atoms with van der Waals surface area (Å²) in [5.74, 6) is 0.752. The van der Waals surface area contributed by atoms with Crippen molar-refractivity contribution in [1.29, 1.82) is 0 Å². The summed E-state index contributed by atoms with van der Waals surface area (Å²) in [4.78, 5) is 29.8. The Bertz CT molecular complexity index is 808. The number of nitrogens with zero attached hydrogens (tertiary/aromatic N) is 5. The van der Waals surface area contributed by atoms with Crippen LogP contribution in [0.25, 0.3) is 0 Å². The van der Waals surface area contributed by atoms with E-state index in [0.717, 1.165) is 36.1 Å². The molecular weight excluding hydrogens is 344 g/mol. The molecule has 4 rings (SSSR count). The third-order valence-corrected chi connectivity index (χ3v) is 4.88. The molecule has 2 fully saturated rings. The summed E-state index contributed by atoms with van der Waals surface area (Å²) in [7, 11) is 0. The van der Waals surface area contributed by atoms with Gasteiger partial charge in [-0.2, -0.15) is 0 Å². The van der Waals surface area contributed by atoms with Crippen LogP contribution in [-0.2, 0) is 4.74 Å². The highest BCUT2D eigenvalue weighted by Crippen LogP contribution is 2.23. The summed E-state index contributed by atoms with van der Waals surface area (Å²) in [6, 6.07) is 5.37. The van der Waals surface area contributed by atoms with Gasteiger partial charge in [0.05, 0.1) is 18.8 Å². The quantitative estimate of drug-likeness (QED) is 0.896. The van der Waals surface area contributed by atoms with E-state index in [1.54, 1.807) is 23.4 Å². The van der Waals surface area contributed by atoms with Crippen LogP contribution >= 0.6 is 0 Å². The Hall–Kier alpha value is -2.74. The van der Waals surface area contributed by atoms with Crippen LogP contribution in [0.3, 0.4) is 0 Å². The number of aryl methyl sites for hydroxylation is 1. The molecule has 2 aliphatic rings. The van der Waals surface area contributed by atoms with Gasteiger partial charge in [0.25, 0.3) is 0 Å². The molecule has 0 saturated carbocycles. The number of rotatable bonds is 3. The second-order valence-electron chi connectivity index (χ2n) is 6.90. The van der Waals surface area contributed by atoms with Crippen molar-refractivity contribution < 1.29 is 9.53 Å². The molecule has 2 aromatic heterocycles. The van der Waals surface area contributed by atoms with Crippen molar-refractivity contribution in [3.63, 3.8) is 0 Å². The highest BCUT2D eigenvalue weighted by atomic mass is 16.5. The Morgan fingerprint density at radius 1 is 1.19 bits per heavy atom. The van der Waals surface area contributed by atoms with E-state index in [4.69, 9.17) is 9.72 Å². The lowest BCUT2D eigenvalue weighted by molar-refractivity contribution is -0.0157. The summed E-state index contributed by atoms with van der Waals surface area (Å²) < 4.78 is 5.89. The summed E-state index contributed by atoms with van der Waals surface area (Å²) in [6.45, 7) is 5.39. The zero-order valence-corrected chi connectivity index (χ0v) is 15.5. The van der Waals surface area contributed by atoms with Gasteiger partial charge >= 0.3 is 6.03 Å². The maximum Gasteiger partial charge on any atom is 0.322 e. The number of nitrogens with one attached hydrogen (secondary N) is 1. The van der Waals surface area contributed by atoms with Gasteiger partial charge in [-0.25, -0.2) is 14.8 Å². The number of urea groups is 1. The number of aromatic nitrogens is 3. The molecule has 0 radical (unpaired) electrons. The number of morpholine rings is 1. The Morgan fingerprint density at radius 2 is 2.00 bits per heavy atom. The zero-order chi connectivity index (χ0) is 18.6. The Kier molecular flexibility index (Phi) is 5.15. The minimum absolute atomic E-state index is 0.136. The average molecular weight is 368 g/mol. The van der Waals surface area contributed by atoms with Gasteiger partial charge in [-0.3, -0.25) is 4.98 Å². The molecule has 2 aliphatic heterocycles. The van der Waals surface area contributed by atoms with Gasteiger partial charge in [0.15, 0.2) is 0 Å². The molecule has 1 N–H and O–H groups in total. The molecule has 2 amide bonds. The number of anilines is 2. The van der Waals surface area contributed by atoms with Crippen molar-refractivity contribution in [1.82, 2.24) is 19.9 Å². The second-order valence-corrected chi connectivity index (χ2v) is 6.90. The number of carbonyl (C=O) groups is 1. The molecule has 2 aromatic rings.